The summed E-state index contributed by atoms with van der Waals surface area (Å²) in [6.07, 6.45) is -4.37. The number of alkyl halides is 3. The van der Waals surface area contributed by atoms with E-state index in [0.29, 0.717) is 22.2 Å². The number of anilines is 4. The van der Waals surface area contributed by atoms with E-state index < -0.39 is 11.7 Å². The predicted molar refractivity (Wildman–Crippen MR) is 96.2 cm³/mol. The summed E-state index contributed by atoms with van der Waals surface area (Å²) in [4.78, 5) is 8.58. The maximum Gasteiger partial charge on any atom is 0.416 e. The van der Waals surface area contributed by atoms with Crippen molar-refractivity contribution in [3.8, 4) is 0 Å². The first-order chi connectivity index (χ1) is 12.3. The van der Waals surface area contributed by atoms with Crippen molar-refractivity contribution in [3.63, 3.8) is 0 Å². The number of hydrogen-bond acceptors (Lipinski definition) is 4. The fourth-order valence-electron chi connectivity index (χ4n) is 2.27. The minimum Gasteiger partial charge on any atom is -0.340 e. The van der Waals surface area contributed by atoms with E-state index in [1.54, 1.807) is 31.2 Å². The molecule has 26 heavy (non-hydrogen) atoms. The second-order valence-corrected chi connectivity index (χ2v) is 5.99. The van der Waals surface area contributed by atoms with Crippen LogP contribution in [0.3, 0.4) is 0 Å². The number of aromatic nitrogens is 2. The molecule has 0 fully saturated rings. The molecule has 0 saturated heterocycles. The molecule has 0 amide bonds. The SMILES string of the molecule is Cc1cc(Nc2cccc(Cl)c2)nc(Nc2ccc(C(F)(F)F)cc2)n1. The fraction of sp³-hybridized carbons (Fsp3) is 0.111. The third-order valence-corrected chi connectivity index (χ3v) is 3.65. The zero-order valence-corrected chi connectivity index (χ0v) is 14.4. The summed E-state index contributed by atoms with van der Waals surface area (Å²) in [6, 6.07) is 13.6. The molecule has 0 aliphatic rings. The molecule has 0 saturated carbocycles. The third kappa shape index (κ3) is 4.64. The van der Waals surface area contributed by atoms with Gasteiger partial charge >= 0.3 is 6.18 Å². The molecule has 0 aliphatic heterocycles. The molecule has 2 aromatic carbocycles. The number of nitrogens with zero attached hydrogens (tertiary/aromatic N) is 2. The maximum atomic E-state index is 12.6. The Balaban J connectivity index is 1.79. The molecule has 8 heteroatoms. The summed E-state index contributed by atoms with van der Waals surface area (Å²) >= 11 is 5.96. The Morgan fingerprint density at radius 3 is 2.27 bits per heavy atom. The minimum absolute atomic E-state index is 0.272. The Bertz CT molecular complexity index is 911. The summed E-state index contributed by atoms with van der Waals surface area (Å²) in [5.74, 6) is 0.809. The van der Waals surface area contributed by atoms with Crippen LogP contribution in [0.15, 0.2) is 54.6 Å². The van der Waals surface area contributed by atoms with Crippen LogP contribution in [0.5, 0.6) is 0 Å². The molecule has 3 rings (SSSR count). The molecule has 2 N–H and O–H groups in total. The van der Waals surface area contributed by atoms with Gasteiger partial charge in [0.25, 0.3) is 0 Å². The summed E-state index contributed by atoms with van der Waals surface area (Å²) in [7, 11) is 0. The van der Waals surface area contributed by atoms with Crippen molar-refractivity contribution in [2.24, 2.45) is 0 Å². The number of nitrogens with one attached hydrogen (secondary N) is 2. The lowest BCUT2D eigenvalue weighted by Crippen LogP contribution is -2.05. The molecule has 0 atom stereocenters. The molecule has 0 bridgehead atoms. The van der Waals surface area contributed by atoms with Gasteiger partial charge in [0.05, 0.1) is 5.56 Å². The fourth-order valence-corrected chi connectivity index (χ4v) is 2.46. The van der Waals surface area contributed by atoms with E-state index >= 15 is 0 Å². The van der Waals surface area contributed by atoms with Crippen molar-refractivity contribution >= 4 is 34.7 Å². The average molecular weight is 379 g/mol. The van der Waals surface area contributed by atoms with Crippen LogP contribution in [0, 0.1) is 6.92 Å². The zero-order chi connectivity index (χ0) is 18.7. The highest BCUT2D eigenvalue weighted by Crippen LogP contribution is 2.30. The van der Waals surface area contributed by atoms with Crippen LogP contribution in [0.2, 0.25) is 5.02 Å². The summed E-state index contributed by atoms with van der Waals surface area (Å²) in [5.41, 5.74) is 1.20. The van der Waals surface area contributed by atoms with Crippen molar-refractivity contribution in [1.29, 1.82) is 0 Å². The molecule has 134 valence electrons. The molecule has 0 aliphatic carbocycles. The molecule has 1 heterocycles. The normalized spacial score (nSPS) is 11.3. The van der Waals surface area contributed by atoms with Gasteiger partial charge in [-0.15, -0.1) is 0 Å². The van der Waals surface area contributed by atoms with Gasteiger partial charge in [0, 0.05) is 28.2 Å². The Kier molecular flexibility index (Phi) is 4.99. The van der Waals surface area contributed by atoms with Crippen LogP contribution in [-0.2, 0) is 6.18 Å². The van der Waals surface area contributed by atoms with Crippen molar-refractivity contribution in [1.82, 2.24) is 9.97 Å². The molecule has 1 aromatic heterocycles. The molecule has 4 nitrogen and oxygen atoms in total. The molecular weight excluding hydrogens is 365 g/mol. The van der Waals surface area contributed by atoms with Gasteiger partial charge in [-0.3, -0.25) is 0 Å². The first-order valence-corrected chi connectivity index (χ1v) is 8.00. The van der Waals surface area contributed by atoms with Gasteiger partial charge in [0.1, 0.15) is 5.82 Å². The average Bonchev–Trinajstić information content (AvgIpc) is 2.54. The van der Waals surface area contributed by atoms with Gasteiger partial charge in [-0.2, -0.15) is 18.2 Å². The van der Waals surface area contributed by atoms with Gasteiger partial charge in [-0.1, -0.05) is 17.7 Å². The van der Waals surface area contributed by atoms with Crippen LogP contribution in [-0.4, -0.2) is 9.97 Å². The van der Waals surface area contributed by atoms with Crippen LogP contribution >= 0.6 is 11.6 Å². The summed E-state index contributed by atoms with van der Waals surface area (Å²) in [6.45, 7) is 1.79. The zero-order valence-electron chi connectivity index (χ0n) is 13.6. The number of benzene rings is 2. The maximum absolute atomic E-state index is 12.6. The lowest BCUT2D eigenvalue weighted by molar-refractivity contribution is -0.137. The van der Waals surface area contributed by atoms with E-state index in [9.17, 15) is 13.2 Å². The predicted octanol–water partition coefficient (Wildman–Crippen LogP) is 5.94. The van der Waals surface area contributed by atoms with E-state index in [-0.39, 0.29) is 5.95 Å². The number of rotatable bonds is 4. The van der Waals surface area contributed by atoms with Gasteiger partial charge in [0.15, 0.2) is 0 Å². The largest absolute Gasteiger partial charge is 0.416 e. The Labute approximate surface area is 153 Å². The van der Waals surface area contributed by atoms with Crippen LogP contribution in [0.4, 0.5) is 36.3 Å². The van der Waals surface area contributed by atoms with Crippen molar-refractivity contribution < 1.29 is 13.2 Å². The van der Waals surface area contributed by atoms with Crippen LogP contribution in [0.25, 0.3) is 0 Å². The third-order valence-electron chi connectivity index (χ3n) is 3.42. The Hall–Kier alpha value is -2.80. The van der Waals surface area contributed by atoms with Gasteiger partial charge in [-0.25, -0.2) is 4.98 Å². The molecule has 0 spiro atoms. The molecular formula is C18H14ClF3N4. The Morgan fingerprint density at radius 1 is 0.885 bits per heavy atom. The summed E-state index contributed by atoms with van der Waals surface area (Å²) in [5, 5.41) is 6.61. The van der Waals surface area contributed by atoms with Crippen LogP contribution < -0.4 is 10.6 Å². The first kappa shape index (κ1) is 18.0. The Morgan fingerprint density at radius 2 is 1.62 bits per heavy atom. The molecule has 3 aromatic rings. The second-order valence-electron chi connectivity index (χ2n) is 5.55. The smallest absolute Gasteiger partial charge is 0.340 e. The topological polar surface area (TPSA) is 49.8 Å². The standard InChI is InChI=1S/C18H14ClF3N4/c1-11-9-16(24-15-4-2-3-13(19)10-15)26-17(23-11)25-14-7-5-12(6-8-14)18(20,21)22/h2-10H,1H3,(H2,23,24,25,26). The molecule has 0 radical (unpaired) electrons. The van der Waals surface area contributed by atoms with E-state index in [1.165, 1.54) is 12.1 Å². The molecule has 0 unspecified atom stereocenters. The first-order valence-electron chi connectivity index (χ1n) is 7.62. The van der Waals surface area contributed by atoms with Crippen molar-refractivity contribution in [3.05, 3.63) is 70.9 Å². The monoisotopic (exact) mass is 378 g/mol. The number of hydrogen-bond donors (Lipinski definition) is 2. The number of halogens is 4. The van der Waals surface area contributed by atoms with E-state index in [0.717, 1.165) is 17.8 Å². The van der Waals surface area contributed by atoms with Crippen molar-refractivity contribution in [2.45, 2.75) is 13.1 Å². The van der Waals surface area contributed by atoms with Crippen molar-refractivity contribution in [2.75, 3.05) is 10.6 Å². The van der Waals surface area contributed by atoms with E-state index in [1.807, 2.05) is 6.07 Å². The van der Waals surface area contributed by atoms with Gasteiger partial charge in [0.2, 0.25) is 5.95 Å². The van der Waals surface area contributed by atoms with Gasteiger partial charge in [-0.05, 0) is 49.4 Å². The number of aryl methyl sites for hydroxylation is 1. The highest BCUT2D eigenvalue weighted by atomic mass is 35.5. The van der Waals surface area contributed by atoms with Crippen LogP contribution in [0.1, 0.15) is 11.3 Å². The minimum atomic E-state index is -4.37. The lowest BCUT2D eigenvalue weighted by Gasteiger charge is -2.11. The quantitative estimate of drug-likeness (QED) is 0.589. The van der Waals surface area contributed by atoms with Gasteiger partial charge < -0.3 is 10.6 Å². The lowest BCUT2D eigenvalue weighted by atomic mass is 10.2. The highest BCUT2D eigenvalue weighted by Gasteiger charge is 2.29. The second kappa shape index (κ2) is 7.21. The van der Waals surface area contributed by atoms with E-state index in [2.05, 4.69) is 20.6 Å². The summed E-state index contributed by atoms with van der Waals surface area (Å²) < 4.78 is 37.9. The van der Waals surface area contributed by atoms with E-state index in [4.69, 9.17) is 11.6 Å². The highest BCUT2D eigenvalue weighted by molar-refractivity contribution is 6.30.